The van der Waals surface area contributed by atoms with Crippen molar-refractivity contribution < 1.29 is 28.5 Å². The molecule has 1 unspecified atom stereocenters. The minimum Gasteiger partial charge on any atom is -0.543 e. The van der Waals surface area contributed by atoms with Gasteiger partial charge in [0.25, 0.3) is 0 Å². The van der Waals surface area contributed by atoms with Gasteiger partial charge in [0.15, 0.2) is 0 Å². The first-order chi connectivity index (χ1) is 23.9. The highest BCUT2D eigenvalue weighted by molar-refractivity contribution is 6.75. The predicted molar refractivity (Wildman–Crippen MR) is 214 cm³/mol. The summed E-state index contributed by atoms with van der Waals surface area (Å²) in [7, 11) is -4.21. The number of aromatic hydroxyl groups is 1. The van der Waals surface area contributed by atoms with E-state index in [9.17, 15) is 10.2 Å². The van der Waals surface area contributed by atoms with Crippen LogP contribution in [-0.4, -0.2) is 64.6 Å². The minimum absolute atomic E-state index is 0.0164. The van der Waals surface area contributed by atoms with Gasteiger partial charge < -0.3 is 28.5 Å². The number of aliphatic hydroxyl groups is 1. The Labute approximate surface area is 308 Å². The number of nitrogens with zero attached hydrogens (tertiary/aromatic N) is 1. The molecule has 0 spiro atoms. The summed E-state index contributed by atoms with van der Waals surface area (Å²) in [4.78, 5) is 2.49. The quantitative estimate of drug-likeness (QED) is 0.190. The highest BCUT2D eigenvalue weighted by atomic mass is 28.4. The summed E-state index contributed by atoms with van der Waals surface area (Å²) in [5, 5.41) is 23.7. The number of hydrogen-bond acceptors (Lipinski definition) is 7. The fraction of sp³-hybridized carbons (Fsp3) is 0.524. The number of phenolic OH excluding ortho intramolecular Hbond substituents is 1. The van der Waals surface area contributed by atoms with Gasteiger partial charge in [-0.25, -0.2) is 0 Å². The van der Waals surface area contributed by atoms with Crippen molar-refractivity contribution in [2.75, 3.05) is 32.8 Å². The molecule has 0 radical (unpaired) electrons. The minimum atomic E-state index is -2.12. The fourth-order valence-electron chi connectivity index (χ4n) is 6.12. The molecule has 5 rings (SSSR count). The maximum absolute atomic E-state index is 12.2. The van der Waals surface area contributed by atoms with E-state index in [4.69, 9.17) is 18.3 Å². The van der Waals surface area contributed by atoms with Gasteiger partial charge in [0.05, 0.1) is 0 Å². The average molecular weight is 732 g/mol. The van der Waals surface area contributed by atoms with Crippen LogP contribution < -0.4 is 18.3 Å². The Morgan fingerprint density at radius 2 is 1.25 bits per heavy atom. The summed E-state index contributed by atoms with van der Waals surface area (Å²) in [5.41, 5.74) is 3.52. The summed E-state index contributed by atoms with van der Waals surface area (Å²) < 4.78 is 25.6. The Morgan fingerprint density at radius 1 is 0.725 bits per heavy atom. The zero-order valence-electron chi connectivity index (χ0n) is 32.7. The van der Waals surface area contributed by atoms with Crippen LogP contribution in [0, 0.1) is 0 Å². The molecule has 0 saturated carbocycles. The fourth-order valence-corrected chi connectivity index (χ4v) is 8.17. The second-order valence-corrected chi connectivity index (χ2v) is 26.8. The van der Waals surface area contributed by atoms with E-state index in [1.165, 1.54) is 25.7 Å². The summed E-state index contributed by atoms with van der Waals surface area (Å²) in [5.74, 6) is 2.92. The van der Waals surface area contributed by atoms with Crippen LogP contribution >= 0.6 is 0 Å². The predicted octanol–water partition coefficient (Wildman–Crippen LogP) is 10.5. The smallest absolute Gasteiger partial charge is 0.250 e. The molecular weight excluding hydrogens is 671 g/mol. The van der Waals surface area contributed by atoms with Gasteiger partial charge in [-0.2, -0.15) is 0 Å². The van der Waals surface area contributed by atoms with Gasteiger partial charge in [0.1, 0.15) is 48.1 Å². The summed E-state index contributed by atoms with van der Waals surface area (Å²) in [6.45, 7) is 26.1. The van der Waals surface area contributed by atoms with Crippen LogP contribution in [0.3, 0.4) is 0 Å². The molecule has 3 aromatic rings. The third-order valence-corrected chi connectivity index (χ3v) is 20.2. The molecule has 2 heterocycles. The third kappa shape index (κ3) is 9.22. The molecule has 1 saturated heterocycles. The molecule has 0 bridgehead atoms. The molecule has 9 heteroatoms. The Morgan fingerprint density at radius 3 is 1.80 bits per heavy atom. The van der Waals surface area contributed by atoms with Crippen LogP contribution in [0.1, 0.15) is 90.0 Å². The van der Waals surface area contributed by atoms with E-state index in [0.29, 0.717) is 29.2 Å². The molecule has 7 nitrogen and oxygen atoms in total. The maximum atomic E-state index is 12.2. The van der Waals surface area contributed by atoms with E-state index in [-0.39, 0.29) is 22.4 Å². The molecular formula is C42H61NO6Si2. The molecule has 0 aliphatic carbocycles. The van der Waals surface area contributed by atoms with E-state index in [0.717, 1.165) is 47.8 Å². The molecule has 0 amide bonds. The van der Waals surface area contributed by atoms with Crippen molar-refractivity contribution >= 4 is 27.8 Å². The topological polar surface area (TPSA) is 80.6 Å². The molecule has 278 valence electrons. The normalized spacial score (nSPS) is 16.9. The SMILES string of the molecule is CC(C)(C)[Si](C)(C)Oc1ccc(C2=C(C(O)c3ccc(OCCN4CCCCCC4)cc3)c3ccc(O[Si](C)(C)C(C)(C)C)cc3OC2)c(O)c1. The van der Waals surface area contributed by atoms with Gasteiger partial charge >= 0.3 is 0 Å². The molecule has 1 fully saturated rings. The van der Waals surface area contributed by atoms with E-state index >= 15 is 0 Å². The van der Waals surface area contributed by atoms with Crippen molar-refractivity contribution in [2.24, 2.45) is 0 Å². The first kappa shape index (κ1) is 39.0. The molecule has 51 heavy (non-hydrogen) atoms. The summed E-state index contributed by atoms with van der Waals surface area (Å²) in [6, 6.07) is 19.1. The highest BCUT2D eigenvalue weighted by Gasteiger charge is 2.40. The van der Waals surface area contributed by atoms with Crippen molar-refractivity contribution in [2.45, 2.75) is 110 Å². The van der Waals surface area contributed by atoms with Crippen LogP contribution in [0.5, 0.6) is 28.7 Å². The Balaban J connectivity index is 1.47. The van der Waals surface area contributed by atoms with Gasteiger partial charge in [-0.1, -0.05) is 66.5 Å². The second kappa shape index (κ2) is 15.4. The monoisotopic (exact) mass is 731 g/mol. The van der Waals surface area contributed by atoms with Crippen molar-refractivity contribution in [3.63, 3.8) is 0 Å². The number of fused-ring (bicyclic) bond motifs is 1. The number of hydrogen-bond donors (Lipinski definition) is 2. The van der Waals surface area contributed by atoms with E-state index in [1.54, 1.807) is 6.07 Å². The lowest BCUT2D eigenvalue weighted by Gasteiger charge is -2.37. The highest BCUT2D eigenvalue weighted by Crippen LogP contribution is 2.48. The van der Waals surface area contributed by atoms with E-state index in [1.807, 2.05) is 54.6 Å². The largest absolute Gasteiger partial charge is 0.543 e. The molecule has 3 aromatic carbocycles. The lowest BCUT2D eigenvalue weighted by atomic mass is 9.86. The van der Waals surface area contributed by atoms with Crippen LogP contribution in [0.2, 0.25) is 36.3 Å². The Hall–Kier alpha value is -3.25. The maximum Gasteiger partial charge on any atom is 0.250 e. The van der Waals surface area contributed by atoms with Gasteiger partial charge in [-0.15, -0.1) is 0 Å². The van der Waals surface area contributed by atoms with Gasteiger partial charge in [0.2, 0.25) is 16.6 Å². The second-order valence-electron chi connectivity index (χ2n) is 17.3. The number of rotatable bonds is 11. The van der Waals surface area contributed by atoms with Crippen molar-refractivity contribution in [3.8, 4) is 28.7 Å². The van der Waals surface area contributed by atoms with Crippen LogP contribution in [0.4, 0.5) is 0 Å². The number of phenols is 1. The van der Waals surface area contributed by atoms with Gasteiger partial charge in [-0.05, 0) is 104 Å². The molecule has 2 aliphatic rings. The van der Waals surface area contributed by atoms with Crippen LogP contribution in [-0.2, 0) is 0 Å². The van der Waals surface area contributed by atoms with Crippen LogP contribution in [0.15, 0.2) is 60.7 Å². The van der Waals surface area contributed by atoms with E-state index in [2.05, 4.69) is 72.6 Å². The zero-order valence-corrected chi connectivity index (χ0v) is 34.7. The van der Waals surface area contributed by atoms with Crippen molar-refractivity contribution in [1.29, 1.82) is 0 Å². The van der Waals surface area contributed by atoms with Gasteiger partial charge in [0, 0.05) is 41.0 Å². The first-order valence-electron chi connectivity index (χ1n) is 18.7. The standard InChI is InChI=1S/C42H61NO6Si2/c1-41(2,3)50(7,8)48-32-19-21-34(37(44)27-32)36-29-47-38-28-33(49-51(9,10)42(4,5)6)20-22-35(38)39(36)40(45)30-15-17-31(18-16-30)46-26-25-43-23-13-11-12-14-24-43/h15-22,27-28,40,44-45H,11-14,23-26,29H2,1-10H3. The van der Waals surface area contributed by atoms with E-state index < -0.39 is 22.7 Å². The number of likely N-dealkylation sites (tertiary alicyclic amines) is 1. The first-order valence-corrected chi connectivity index (χ1v) is 24.5. The molecule has 2 N–H and O–H groups in total. The number of benzene rings is 3. The summed E-state index contributed by atoms with van der Waals surface area (Å²) >= 11 is 0. The molecule has 2 aliphatic heterocycles. The third-order valence-electron chi connectivity index (χ3n) is 11.4. The Bertz CT molecular complexity index is 1680. The Kier molecular flexibility index (Phi) is 11.8. The molecule has 1 atom stereocenters. The lowest BCUT2D eigenvalue weighted by Crippen LogP contribution is -2.43. The lowest BCUT2D eigenvalue weighted by molar-refractivity contribution is 0.213. The average Bonchev–Trinajstić information content (AvgIpc) is 3.32. The zero-order chi connectivity index (χ0) is 37.2. The number of ether oxygens (including phenoxy) is 2. The summed E-state index contributed by atoms with van der Waals surface area (Å²) in [6.07, 6.45) is 4.17. The van der Waals surface area contributed by atoms with Crippen molar-refractivity contribution in [3.05, 3.63) is 77.4 Å². The number of aliphatic hydroxyl groups excluding tert-OH is 1. The van der Waals surface area contributed by atoms with Crippen LogP contribution in [0.25, 0.3) is 11.1 Å². The van der Waals surface area contributed by atoms with Gasteiger partial charge in [-0.3, -0.25) is 4.90 Å². The molecule has 0 aromatic heterocycles. The van der Waals surface area contributed by atoms with Crippen molar-refractivity contribution in [1.82, 2.24) is 4.90 Å².